The van der Waals surface area contributed by atoms with Gasteiger partial charge in [-0.05, 0) is 6.07 Å². The highest BCUT2D eigenvalue weighted by atomic mass is 19.1. The first-order valence-electron chi connectivity index (χ1n) is 4.36. The van der Waals surface area contributed by atoms with E-state index in [1.165, 1.54) is 18.2 Å². The van der Waals surface area contributed by atoms with Crippen molar-refractivity contribution in [3.05, 3.63) is 47.8 Å². The van der Waals surface area contributed by atoms with E-state index in [4.69, 9.17) is 9.84 Å². The first-order chi connectivity index (χ1) is 7.16. The molecule has 0 atom stereocenters. The molecule has 0 amide bonds. The molecular weight excluding hydrogens is 199 g/mol. The quantitative estimate of drug-likeness (QED) is 0.598. The number of carboxylic acids is 1. The summed E-state index contributed by atoms with van der Waals surface area (Å²) in [5.74, 6) is -2.02. The number of ether oxygens (including phenoxy) is 1. The molecule has 0 spiro atoms. The van der Waals surface area contributed by atoms with Gasteiger partial charge in [0.25, 0.3) is 0 Å². The van der Waals surface area contributed by atoms with Crippen LogP contribution in [0.4, 0.5) is 4.39 Å². The highest BCUT2D eigenvalue weighted by molar-refractivity contribution is 5.88. The number of rotatable bonds is 5. The van der Waals surface area contributed by atoms with E-state index < -0.39 is 11.8 Å². The second-order valence-electron chi connectivity index (χ2n) is 2.89. The Morgan fingerprint density at radius 3 is 2.93 bits per heavy atom. The van der Waals surface area contributed by atoms with E-state index in [1.54, 1.807) is 6.08 Å². The summed E-state index contributed by atoms with van der Waals surface area (Å²) < 4.78 is 18.5. The van der Waals surface area contributed by atoms with Gasteiger partial charge in [-0.15, -0.1) is 6.58 Å². The molecule has 0 heterocycles. The van der Waals surface area contributed by atoms with Gasteiger partial charge in [0.2, 0.25) is 0 Å². The maximum absolute atomic E-state index is 13.5. The highest BCUT2D eigenvalue weighted by Gasteiger charge is 2.13. The molecule has 0 unspecified atom stereocenters. The zero-order valence-electron chi connectivity index (χ0n) is 8.07. The Morgan fingerprint density at radius 2 is 2.33 bits per heavy atom. The maximum atomic E-state index is 13.5. The first-order valence-corrected chi connectivity index (χ1v) is 4.36. The second-order valence-corrected chi connectivity index (χ2v) is 2.89. The molecular formula is C11H11FO3. The number of carboxylic acid groups (broad SMARTS) is 1. The summed E-state index contributed by atoms with van der Waals surface area (Å²) in [5.41, 5.74) is -0.105. The third kappa shape index (κ3) is 2.89. The van der Waals surface area contributed by atoms with Crippen molar-refractivity contribution in [2.24, 2.45) is 0 Å². The molecule has 0 fully saturated rings. The van der Waals surface area contributed by atoms with Gasteiger partial charge in [0, 0.05) is 5.56 Å². The molecule has 4 heteroatoms. The van der Waals surface area contributed by atoms with E-state index in [0.717, 1.165) is 0 Å². The van der Waals surface area contributed by atoms with Crippen LogP contribution in [0.15, 0.2) is 30.9 Å². The molecule has 1 N–H and O–H groups in total. The Bertz CT molecular complexity index is 374. The van der Waals surface area contributed by atoms with Crippen LogP contribution >= 0.6 is 0 Å². The molecule has 0 aliphatic rings. The smallest absolute Gasteiger partial charge is 0.338 e. The monoisotopic (exact) mass is 210 g/mol. The normalized spacial score (nSPS) is 9.93. The van der Waals surface area contributed by atoms with Gasteiger partial charge < -0.3 is 9.84 Å². The summed E-state index contributed by atoms with van der Waals surface area (Å²) in [6.45, 7) is 3.79. The topological polar surface area (TPSA) is 46.5 Å². The van der Waals surface area contributed by atoms with Crippen LogP contribution in [0.3, 0.4) is 0 Å². The fourth-order valence-electron chi connectivity index (χ4n) is 1.11. The number of hydrogen-bond acceptors (Lipinski definition) is 2. The lowest BCUT2D eigenvalue weighted by atomic mass is 10.1. The molecule has 1 aromatic rings. The third-order valence-corrected chi connectivity index (χ3v) is 1.80. The molecule has 3 nitrogen and oxygen atoms in total. The highest BCUT2D eigenvalue weighted by Crippen LogP contribution is 2.13. The SMILES string of the molecule is C=CCOCc1cccc(C(=O)O)c1F. The number of benzene rings is 1. The molecule has 0 radical (unpaired) electrons. The predicted molar refractivity (Wildman–Crippen MR) is 53.2 cm³/mol. The van der Waals surface area contributed by atoms with Gasteiger partial charge in [-0.2, -0.15) is 0 Å². The Hall–Kier alpha value is -1.68. The van der Waals surface area contributed by atoms with Crippen molar-refractivity contribution in [3.8, 4) is 0 Å². The summed E-state index contributed by atoms with van der Waals surface area (Å²) in [7, 11) is 0. The number of halogens is 1. The molecule has 0 aliphatic heterocycles. The minimum atomic E-state index is -1.28. The zero-order valence-corrected chi connectivity index (χ0v) is 8.07. The molecule has 0 saturated heterocycles. The zero-order chi connectivity index (χ0) is 11.3. The molecule has 0 aromatic heterocycles. The standard InChI is InChI=1S/C11H11FO3/c1-2-6-15-7-8-4-3-5-9(10(8)12)11(13)14/h2-5H,1,6-7H2,(H,13,14). The lowest BCUT2D eigenvalue weighted by Crippen LogP contribution is -2.04. The van der Waals surface area contributed by atoms with Crippen LogP contribution in [0.2, 0.25) is 0 Å². The van der Waals surface area contributed by atoms with E-state index in [9.17, 15) is 9.18 Å². The van der Waals surface area contributed by atoms with Gasteiger partial charge in [0.05, 0.1) is 18.8 Å². The molecule has 0 aliphatic carbocycles. The van der Waals surface area contributed by atoms with E-state index in [2.05, 4.69) is 6.58 Å². The molecule has 80 valence electrons. The van der Waals surface area contributed by atoms with Crippen LogP contribution < -0.4 is 0 Å². The first kappa shape index (κ1) is 11.4. The van der Waals surface area contributed by atoms with Crippen LogP contribution in [-0.2, 0) is 11.3 Å². The molecule has 1 aromatic carbocycles. The van der Waals surface area contributed by atoms with Crippen molar-refractivity contribution in [3.63, 3.8) is 0 Å². The van der Waals surface area contributed by atoms with E-state index in [0.29, 0.717) is 6.61 Å². The van der Waals surface area contributed by atoms with Crippen LogP contribution in [-0.4, -0.2) is 17.7 Å². The van der Waals surface area contributed by atoms with Crippen LogP contribution in [0.25, 0.3) is 0 Å². The van der Waals surface area contributed by atoms with Crippen molar-refractivity contribution in [1.82, 2.24) is 0 Å². The van der Waals surface area contributed by atoms with Crippen LogP contribution in [0.1, 0.15) is 15.9 Å². The second kappa shape index (κ2) is 5.26. The fraction of sp³-hybridized carbons (Fsp3) is 0.182. The molecule has 0 saturated carbocycles. The average Bonchev–Trinajstić information content (AvgIpc) is 2.20. The largest absolute Gasteiger partial charge is 0.478 e. The Kier molecular flexibility index (Phi) is 4.00. The van der Waals surface area contributed by atoms with Gasteiger partial charge in [-0.3, -0.25) is 0 Å². The summed E-state index contributed by atoms with van der Waals surface area (Å²) in [6, 6.07) is 4.19. The summed E-state index contributed by atoms with van der Waals surface area (Å²) in [4.78, 5) is 10.6. The lowest BCUT2D eigenvalue weighted by Gasteiger charge is -2.05. The van der Waals surface area contributed by atoms with Gasteiger partial charge in [0.1, 0.15) is 5.82 Å². The van der Waals surface area contributed by atoms with Crippen molar-refractivity contribution < 1.29 is 19.0 Å². The Morgan fingerprint density at radius 1 is 1.60 bits per heavy atom. The molecule has 1 rings (SSSR count). The number of hydrogen-bond donors (Lipinski definition) is 1. The number of aromatic carboxylic acids is 1. The van der Waals surface area contributed by atoms with Crippen LogP contribution in [0.5, 0.6) is 0 Å². The van der Waals surface area contributed by atoms with Crippen molar-refractivity contribution in [2.75, 3.05) is 6.61 Å². The minimum Gasteiger partial charge on any atom is -0.478 e. The Balaban J connectivity index is 2.84. The van der Waals surface area contributed by atoms with Gasteiger partial charge in [-0.25, -0.2) is 9.18 Å². The summed E-state index contributed by atoms with van der Waals surface area (Å²) in [6.07, 6.45) is 1.54. The van der Waals surface area contributed by atoms with Crippen molar-refractivity contribution in [2.45, 2.75) is 6.61 Å². The fourth-order valence-corrected chi connectivity index (χ4v) is 1.11. The predicted octanol–water partition coefficient (Wildman–Crippen LogP) is 2.23. The van der Waals surface area contributed by atoms with E-state index in [-0.39, 0.29) is 17.7 Å². The van der Waals surface area contributed by atoms with E-state index in [1.807, 2.05) is 0 Å². The lowest BCUT2D eigenvalue weighted by molar-refractivity contribution is 0.0690. The summed E-state index contributed by atoms with van der Waals surface area (Å²) >= 11 is 0. The average molecular weight is 210 g/mol. The maximum Gasteiger partial charge on any atom is 0.338 e. The molecule has 0 bridgehead atoms. The van der Waals surface area contributed by atoms with E-state index >= 15 is 0 Å². The third-order valence-electron chi connectivity index (χ3n) is 1.80. The van der Waals surface area contributed by atoms with Crippen molar-refractivity contribution in [1.29, 1.82) is 0 Å². The number of carbonyl (C=O) groups is 1. The minimum absolute atomic E-state index is 0.0406. The van der Waals surface area contributed by atoms with Gasteiger partial charge in [-0.1, -0.05) is 18.2 Å². The Labute approximate surface area is 86.8 Å². The molecule has 15 heavy (non-hydrogen) atoms. The van der Waals surface area contributed by atoms with Crippen LogP contribution in [0, 0.1) is 5.82 Å². The van der Waals surface area contributed by atoms with Gasteiger partial charge >= 0.3 is 5.97 Å². The van der Waals surface area contributed by atoms with Gasteiger partial charge in [0.15, 0.2) is 0 Å². The van der Waals surface area contributed by atoms with Crippen molar-refractivity contribution >= 4 is 5.97 Å². The summed E-state index contributed by atoms with van der Waals surface area (Å²) in [5, 5.41) is 8.66.